The molecule has 4 nitrogen and oxygen atoms in total. The highest BCUT2D eigenvalue weighted by Gasteiger charge is 2.09. The van der Waals surface area contributed by atoms with Crippen LogP contribution in [-0.2, 0) is 0 Å². The lowest BCUT2D eigenvalue weighted by Crippen LogP contribution is -2.13. The van der Waals surface area contributed by atoms with Crippen molar-refractivity contribution < 1.29 is 4.79 Å². The maximum atomic E-state index is 11.9. The Morgan fingerprint density at radius 3 is 2.94 bits per heavy atom. The second-order valence-corrected chi connectivity index (χ2v) is 4.39. The fraction of sp³-hybridized carbons (Fsp3) is 0.0833. The molecule has 2 aromatic heterocycles. The first-order chi connectivity index (χ1) is 8.16. The average Bonchev–Trinajstić information content (AvgIpc) is 2.32. The van der Waals surface area contributed by atoms with Crippen LogP contribution in [0.4, 0.5) is 5.82 Å². The van der Waals surface area contributed by atoms with E-state index in [4.69, 9.17) is 0 Å². The minimum atomic E-state index is -0.222. The number of aromatic nitrogens is 2. The van der Waals surface area contributed by atoms with E-state index in [0.29, 0.717) is 11.4 Å². The summed E-state index contributed by atoms with van der Waals surface area (Å²) in [5, 5.41) is 2.72. The smallest absolute Gasteiger partial charge is 0.258 e. The van der Waals surface area contributed by atoms with Crippen LogP contribution in [0.3, 0.4) is 0 Å². The third kappa shape index (κ3) is 2.88. The molecule has 0 atom stereocenters. The largest absolute Gasteiger partial charge is 0.306 e. The van der Waals surface area contributed by atoms with Crippen molar-refractivity contribution in [1.29, 1.82) is 0 Å². The Labute approximate surface area is 107 Å². The zero-order valence-corrected chi connectivity index (χ0v) is 10.7. The van der Waals surface area contributed by atoms with Gasteiger partial charge in [0.1, 0.15) is 5.82 Å². The second kappa shape index (κ2) is 5.05. The van der Waals surface area contributed by atoms with Crippen molar-refractivity contribution in [2.45, 2.75) is 6.92 Å². The molecule has 0 fully saturated rings. The topological polar surface area (TPSA) is 54.9 Å². The Kier molecular flexibility index (Phi) is 3.49. The lowest BCUT2D eigenvalue weighted by atomic mass is 10.2. The zero-order chi connectivity index (χ0) is 12.3. The van der Waals surface area contributed by atoms with Crippen LogP contribution >= 0.6 is 15.9 Å². The Bertz CT molecular complexity index is 557. The van der Waals surface area contributed by atoms with Gasteiger partial charge in [-0.25, -0.2) is 4.98 Å². The molecule has 17 heavy (non-hydrogen) atoms. The molecule has 0 radical (unpaired) electrons. The third-order valence-corrected chi connectivity index (χ3v) is 2.77. The van der Waals surface area contributed by atoms with Gasteiger partial charge in [-0.2, -0.15) is 0 Å². The summed E-state index contributed by atoms with van der Waals surface area (Å²) in [5.74, 6) is 0.277. The Morgan fingerprint density at radius 1 is 1.41 bits per heavy atom. The number of carbonyl (C=O) groups excluding carboxylic acids is 1. The molecule has 0 saturated carbocycles. The van der Waals surface area contributed by atoms with Crippen LogP contribution in [0, 0.1) is 6.92 Å². The minimum Gasteiger partial charge on any atom is -0.306 e. The van der Waals surface area contributed by atoms with Crippen LogP contribution in [-0.4, -0.2) is 15.9 Å². The van der Waals surface area contributed by atoms with Crippen molar-refractivity contribution in [3.63, 3.8) is 0 Å². The highest BCUT2D eigenvalue weighted by atomic mass is 79.9. The number of halogens is 1. The third-order valence-electron chi connectivity index (χ3n) is 2.13. The van der Waals surface area contributed by atoms with Crippen molar-refractivity contribution >= 4 is 27.7 Å². The SMILES string of the molecule is Cc1cncc(C(=O)Nc2ncccc2Br)c1. The van der Waals surface area contributed by atoms with E-state index >= 15 is 0 Å². The molecule has 2 rings (SSSR count). The summed E-state index contributed by atoms with van der Waals surface area (Å²) < 4.78 is 0.744. The Morgan fingerprint density at radius 2 is 2.24 bits per heavy atom. The normalized spacial score (nSPS) is 10.0. The molecule has 0 saturated heterocycles. The van der Waals surface area contributed by atoms with Crippen LogP contribution in [0.5, 0.6) is 0 Å². The average molecular weight is 292 g/mol. The van der Waals surface area contributed by atoms with Crippen LogP contribution in [0.2, 0.25) is 0 Å². The molecule has 2 aromatic rings. The number of amides is 1. The van der Waals surface area contributed by atoms with Gasteiger partial charge in [-0.05, 0) is 46.6 Å². The number of aryl methyl sites for hydroxylation is 1. The fourth-order valence-corrected chi connectivity index (χ4v) is 1.69. The van der Waals surface area contributed by atoms with Gasteiger partial charge in [0.25, 0.3) is 5.91 Å². The summed E-state index contributed by atoms with van der Waals surface area (Å²) in [6, 6.07) is 5.38. The summed E-state index contributed by atoms with van der Waals surface area (Å²) in [7, 11) is 0. The number of rotatable bonds is 2. The second-order valence-electron chi connectivity index (χ2n) is 3.54. The van der Waals surface area contributed by atoms with Gasteiger partial charge in [-0.1, -0.05) is 0 Å². The van der Waals surface area contributed by atoms with Gasteiger partial charge in [-0.15, -0.1) is 0 Å². The van der Waals surface area contributed by atoms with Gasteiger partial charge >= 0.3 is 0 Å². The van der Waals surface area contributed by atoms with E-state index < -0.39 is 0 Å². The Hall–Kier alpha value is -1.75. The van der Waals surface area contributed by atoms with Crippen LogP contribution < -0.4 is 5.32 Å². The summed E-state index contributed by atoms with van der Waals surface area (Å²) in [6.07, 6.45) is 4.85. The van der Waals surface area contributed by atoms with Crippen molar-refractivity contribution in [3.8, 4) is 0 Å². The number of pyridine rings is 2. The minimum absolute atomic E-state index is 0.222. The molecular formula is C12H10BrN3O. The zero-order valence-electron chi connectivity index (χ0n) is 9.14. The van der Waals surface area contributed by atoms with E-state index in [9.17, 15) is 4.79 Å². The maximum Gasteiger partial charge on any atom is 0.258 e. The number of carbonyl (C=O) groups is 1. The molecule has 0 aromatic carbocycles. The first-order valence-corrected chi connectivity index (χ1v) is 5.79. The first kappa shape index (κ1) is 11.7. The number of hydrogen-bond acceptors (Lipinski definition) is 3. The number of nitrogens with zero attached hydrogens (tertiary/aromatic N) is 2. The molecule has 0 spiro atoms. The van der Waals surface area contributed by atoms with E-state index in [-0.39, 0.29) is 5.91 Å². The van der Waals surface area contributed by atoms with Crippen LogP contribution in [0.25, 0.3) is 0 Å². The standard InChI is InChI=1S/C12H10BrN3O/c1-8-5-9(7-14-6-8)12(17)16-11-10(13)3-2-4-15-11/h2-7H,1H3,(H,15,16,17). The molecule has 2 heterocycles. The van der Waals surface area contributed by atoms with Gasteiger partial charge in [0.15, 0.2) is 0 Å². The van der Waals surface area contributed by atoms with Gasteiger partial charge in [0, 0.05) is 18.6 Å². The predicted octanol–water partition coefficient (Wildman–Crippen LogP) is 2.80. The highest BCUT2D eigenvalue weighted by molar-refractivity contribution is 9.10. The summed E-state index contributed by atoms with van der Waals surface area (Å²) in [5.41, 5.74) is 1.46. The summed E-state index contributed by atoms with van der Waals surface area (Å²) in [4.78, 5) is 19.9. The molecule has 86 valence electrons. The molecule has 0 unspecified atom stereocenters. The lowest BCUT2D eigenvalue weighted by Gasteiger charge is -2.05. The van der Waals surface area contributed by atoms with Gasteiger partial charge < -0.3 is 5.32 Å². The van der Waals surface area contributed by atoms with Gasteiger partial charge in [0.05, 0.1) is 10.0 Å². The highest BCUT2D eigenvalue weighted by Crippen LogP contribution is 2.18. The van der Waals surface area contributed by atoms with Gasteiger partial charge in [0.2, 0.25) is 0 Å². The van der Waals surface area contributed by atoms with Crippen molar-refractivity contribution in [2.24, 2.45) is 0 Å². The van der Waals surface area contributed by atoms with E-state index in [0.717, 1.165) is 10.0 Å². The molecule has 0 bridgehead atoms. The van der Waals surface area contributed by atoms with Crippen molar-refractivity contribution in [1.82, 2.24) is 9.97 Å². The fourth-order valence-electron chi connectivity index (χ4n) is 1.34. The molecular weight excluding hydrogens is 282 g/mol. The van der Waals surface area contributed by atoms with E-state index in [1.807, 2.05) is 13.0 Å². The maximum absolute atomic E-state index is 11.9. The number of anilines is 1. The first-order valence-electron chi connectivity index (χ1n) is 5.00. The van der Waals surface area contributed by atoms with E-state index in [1.165, 1.54) is 6.20 Å². The monoisotopic (exact) mass is 291 g/mol. The van der Waals surface area contributed by atoms with Gasteiger partial charge in [-0.3, -0.25) is 9.78 Å². The predicted molar refractivity (Wildman–Crippen MR) is 68.9 cm³/mol. The summed E-state index contributed by atoms with van der Waals surface area (Å²) >= 11 is 3.32. The molecule has 0 aliphatic carbocycles. The van der Waals surface area contributed by atoms with Crippen LogP contribution in [0.1, 0.15) is 15.9 Å². The van der Waals surface area contributed by atoms with Crippen LogP contribution in [0.15, 0.2) is 41.3 Å². The molecule has 5 heteroatoms. The molecule has 1 amide bonds. The number of hydrogen-bond donors (Lipinski definition) is 1. The molecule has 1 N–H and O–H groups in total. The molecule has 0 aliphatic rings. The van der Waals surface area contributed by atoms with Crippen molar-refractivity contribution in [2.75, 3.05) is 5.32 Å². The quantitative estimate of drug-likeness (QED) is 0.926. The molecule has 0 aliphatic heterocycles. The van der Waals surface area contributed by atoms with Crippen molar-refractivity contribution in [3.05, 3.63) is 52.4 Å². The lowest BCUT2D eigenvalue weighted by molar-refractivity contribution is 0.102. The van der Waals surface area contributed by atoms with E-state index in [1.54, 1.807) is 24.5 Å². The summed E-state index contributed by atoms with van der Waals surface area (Å²) in [6.45, 7) is 1.89. The Balaban J connectivity index is 2.20. The number of nitrogens with one attached hydrogen (secondary N) is 1. The van der Waals surface area contributed by atoms with E-state index in [2.05, 4.69) is 31.2 Å².